The van der Waals surface area contributed by atoms with E-state index in [0.29, 0.717) is 11.0 Å². The second-order valence-corrected chi connectivity index (χ2v) is 8.34. The number of nitrogens with two attached hydrogens (primary N) is 1. The molecule has 1 saturated heterocycles. The van der Waals surface area contributed by atoms with Crippen molar-refractivity contribution in [3.63, 3.8) is 0 Å². The summed E-state index contributed by atoms with van der Waals surface area (Å²) in [4.78, 5) is 5.31. The molecule has 2 N–H and O–H groups in total. The fourth-order valence-corrected chi connectivity index (χ4v) is 4.44. The lowest BCUT2D eigenvalue weighted by molar-refractivity contribution is 0.0261. The zero-order valence-corrected chi connectivity index (χ0v) is 14.8. The highest BCUT2D eigenvalue weighted by Gasteiger charge is 2.40. The molecular weight excluding hydrogens is 258 g/mol. The minimum Gasteiger partial charge on any atom is -0.329 e. The number of rotatable bonds is 3. The van der Waals surface area contributed by atoms with Crippen LogP contribution in [-0.2, 0) is 0 Å². The van der Waals surface area contributed by atoms with Gasteiger partial charge in [-0.2, -0.15) is 0 Å². The molecule has 2 atom stereocenters. The van der Waals surface area contributed by atoms with Crippen LogP contribution in [0.4, 0.5) is 0 Å². The van der Waals surface area contributed by atoms with E-state index < -0.39 is 0 Å². The molecule has 2 unspecified atom stereocenters. The molecular formula is C18H37N3. The minimum atomic E-state index is 0.291. The van der Waals surface area contributed by atoms with Crippen LogP contribution in [0.5, 0.6) is 0 Å². The first kappa shape index (κ1) is 17.2. The fraction of sp³-hybridized carbons (Fsp3) is 1.00. The topological polar surface area (TPSA) is 32.5 Å². The van der Waals surface area contributed by atoms with Crippen molar-refractivity contribution in [1.82, 2.24) is 9.80 Å². The SMILES string of the molecule is CCN1CCN(C2(CN)CCCC(C(C)(C)C)CC2)CC1. The van der Waals surface area contributed by atoms with Crippen LogP contribution in [0.15, 0.2) is 0 Å². The molecule has 124 valence electrons. The quantitative estimate of drug-likeness (QED) is 0.813. The van der Waals surface area contributed by atoms with E-state index in [1.807, 2.05) is 0 Å². The Morgan fingerprint density at radius 1 is 1.05 bits per heavy atom. The van der Waals surface area contributed by atoms with Gasteiger partial charge >= 0.3 is 0 Å². The molecule has 21 heavy (non-hydrogen) atoms. The lowest BCUT2D eigenvalue weighted by atomic mass is 9.76. The van der Waals surface area contributed by atoms with Crippen molar-refractivity contribution in [3.8, 4) is 0 Å². The van der Waals surface area contributed by atoms with Gasteiger partial charge < -0.3 is 10.6 Å². The number of nitrogens with zero attached hydrogens (tertiary/aromatic N) is 2. The van der Waals surface area contributed by atoms with E-state index in [1.54, 1.807) is 0 Å². The molecule has 2 rings (SSSR count). The molecule has 0 spiro atoms. The summed E-state index contributed by atoms with van der Waals surface area (Å²) in [5.74, 6) is 0.864. The average Bonchev–Trinajstić information content (AvgIpc) is 2.70. The van der Waals surface area contributed by atoms with Gasteiger partial charge in [-0.3, -0.25) is 4.90 Å². The van der Waals surface area contributed by atoms with Gasteiger partial charge in [-0.15, -0.1) is 0 Å². The summed E-state index contributed by atoms with van der Waals surface area (Å²) in [6, 6.07) is 0. The zero-order chi connectivity index (χ0) is 15.5. The third kappa shape index (κ3) is 4.00. The Hall–Kier alpha value is -0.120. The second-order valence-electron chi connectivity index (χ2n) is 8.34. The number of likely N-dealkylation sites (N-methyl/N-ethyl adjacent to an activating group) is 1. The number of hydrogen-bond acceptors (Lipinski definition) is 3. The molecule has 0 aromatic heterocycles. The highest BCUT2D eigenvalue weighted by Crippen LogP contribution is 2.41. The standard InChI is InChI=1S/C18H37N3/c1-5-20-11-13-21(14-12-20)18(15-19)9-6-7-16(8-10-18)17(2,3)4/h16H,5-15,19H2,1-4H3. The van der Waals surface area contributed by atoms with Crippen LogP contribution in [0.3, 0.4) is 0 Å². The van der Waals surface area contributed by atoms with E-state index in [2.05, 4.69) is 37.5 Å². The van der Waals surface area contributed by atoms with Gasteiger partial charge in [-0.1, -0.05) is 34.1 Å². The van der Waals surface area contributed by atoms with Crippen LogP contribution < -0.4 is 5.73 Å². The summed E-state index contributed by atoms with van der Waals surface area (Å²) in [5.41, 5.74) is 7.05. The Balaban J connectivity index is 2.01. The summed E-state index contributed by atoms with van der Waals surface area (Å²) >= 11 is 0. The molecule has 1 aliphatic carbocycles. The molecule has 3 nitrogen and oxygen atoms in total. The van der Waals surface area contributed by atoms with Crippen molar-refractivity contribution < 1.29 is 0 Å². The summed E-state index contributed by atoms with van der Waals surface area (Å²) < 4.78 is 0. The Kier molecular flexibility index (Phi) is 5.72. The number of hydrogen-bond donors (Lipinski definition) is 1. The first-order valence-electron chi connectivity index (χ1n) is 9.09. The van der Waals surface area contributed by atoms with Crippen LogP contribution in [0.2, 0.25) is 0 Å². The van der Waals surface area contributed by atoms with E-state index in [-0.39, 0.29) is 0 Å². The Labute approximate surface area is 132 Å². The van der Waals surface area contributed by atoms with Crippen molar-refractivity contribution in [3.05, 3.63) is 0 Å². The molecule has 2 aliphatic rings. The molecule has 0 aromatic rings. The zero-order valence-electron chi connectivity index (χ0n) is 14.8. The highest BCUT2D eigenvalue weighted by molar-refractivity contribution is 4.97. The molecule has 0 amide bonds. The van der Waals surface area contributed by atoms with Gasteiger partial charge in [0, 0.05) is 38.3 Å². The summed E-state index contributed by atoms with van der Waals surface area (Å²) in [5, 5.41) is 0. The average molecular weight is 296 g/mol. The Morgan fingerprint density at radius 2 is 1.71 bits per heavy atom. The predicted molar refractivity (Wildman–Crippen MR) is 91.5 cm³/mol. The fourth-order valence-electron chi connectivity index (χ4n) is 4.44. The molecule has 3 heteroatoms. The largest absolute Gasteiger partial charge is 0.329 e. The van der Waals surface area contributed by atoms with Crippen LogP contribution in [0.25, 0.3) is 0 Å². The maximum absolute atomic E-state index is 6.30. The van der Waals surface area contributed by atoms with Crippen LogP contribution in [0, 0.1) is 11.3 Å². The first-order chi connectivity index (χ1) is 9.91. The van der Waals surface area contributed by atoms with Gasteiger partial charge in [0.15, 0.2) is 0 Å². The van der Waals surface area contributed by atoms with Crippen molar-refractivity contribution in [2.75, 3.05) is 39.3 Å². The molecule has 1 saturated carbocycles. The minimum absolute atomic E-state index is 0.291. The third-order valence-corrected chi connectivity index (χ3v) is 6.25. The molecule has 1 heterocycles. The lowest BCUT2D eigenvalue weighted by Gasteiger charge is -2.47. The molecule has 0 radical (unpaired) electrons. The van der Waals surface area contributed by atoms with Gasteiger partial charge in [-0.25, -0.2) is 0 Å². The van der Waals surface area contributed by atoms with Crippen molar-refractivity contribution in [2.24, 2.45) is 17.1 Å². The maximum Gasteiger partial charge on any atom is 0.0332 e. The van der Waals surface area contributed by atoms with Gasteiger partial charge in [0.25, 0.3) is 0 Å². The van der Waals surface area contributed by atoms with Crippen LogP contribution in [-0.4, -0.2) is 54.6 Å². The van der Waals surface area contributed by atoms with Gasteiger partial charge in [-0.05, 0) is 43.6 Å². The second kappa shape index (κ2) is 6.97. The maximum atomic E-state index is 6.30. The monoisotopic (exact) mass is 295 g/mol. The number of piperazine rings is 1. The van der Waals surface area contributed by atoms with E-state index in [0.717, 1.165) is 12.5 Å². The smallest absolute Gasteiger partial charge is 0.0332 e. The first-order valence-corrected chi connectivity index (χ1v) is 9.09. The van der Waals surface area contributed by atoms with E-state index in [9.17, 15) is 0 Å². The third-order valence-electron chi connectivity index (χ3n) is 6.25. The molecule has 0 aromatic carbocycles. The Morgan fingerprint density at radius 3 is 2.24 bits per heavy atom. The normalized spacial score (nSPS) is 33.9. The van der Waals surface area contributed by atoms with E-state index in [1.165, 1.54) is 64.8 Å². The summed E-state index contributed by atoms with van der Waals surface area (Å²) in [6.07, 6.45) is 6.71. The molecule has 2 fully saturated rings. The van der Waals surface area contributed by atoms with Crippen molar-refractivity contribution >= 4 is 0 Å². The van der Waals surface area contributed by atoms with Crippen LogP contribution >= 0.6 is 0 Å². The van der Waals surface area contributed by atoms with Gasteiger partial charge in [0.2, 0.25) is 0 Å². The van der Waals surface area contributed by atoms with E-state index >= 15 is 0 Å². The van der Waals surface area contributed by atoms with Crippen LogP contribution in [0.1, 0.15) is 59.8 Å². The Bertz CT molecular complexity index is 315. The highest BCUT2D eigenvalue weighted by atomic mass is 15.3. The molecule has 1 aliphatic heterocycles. The van der Waals surface area contributed by atoms with Crippen molar-refractivity contribution in [1.29, 1.82) is 0 Å². The predicted octanol–water partition coefficient (Wildman–Crippen LogP) is 2.95. The summed E-state index contributed by atoms with van der Waals surface area (Å²) in [7, 11) is 0. The molecule has 0 bridgehead atoms. The van der Waals surface area contributed by atoms with Gasteiger partial charge in [0.1, 0.15) is 0 Å². The van der Waals surface area contributed by atoms with Crippen molar-refractivity contribution in [2.45, 2.75) is 65.3 Å². The van der Waals surface area contributed by atoms with Gasteiger partial charge in [0.05, 0.1) is 0 Å². The lowest BCUT2D eigenvalue weighted by Crippen LogP contribution is -2.60. The summed E-state index contributed by atoms with van der Waals surface area (Å²) in [6.45, 7) is 16.4. The van der Waals surface area contributed by atoms with E-state index in [4.69, 9.17) is 5.73 Å².